The van der Waals surface area contributed by atoms with E-state index in [0.717, 1.165) is 17.9 Å². The molecule has 2 aromatic rings. The normalized spacial score (nSPS) is 15.3. The third kappa shape index (κ3) is 3.98. The van der Waals surface area contributed by atoms with Crippen molar-refractivity contribution in [2.75, 3.05) is 0 Å². The molecule has 0 radical (unpaired) electrons. The number of rotatable bonds is 6. The molecule has 118 valence electrons. The van der Waals surface area contributed by atoms with E-state index in [-0.39, 0.29) is 0 Å². The average Bonchev–Trinajstić information content (AvgIpc) is 2.53. The van der Waals surface area contributed by atoms with Gasteiger partial charge in [0.1, 0.15) is 0 Å². The molecular weight excluding hydrogens is 266 g/mol. The fourth-order valence-corrected chi connectivity index (χ4v) is 2.70. The largest absolute Gasteiger partial charge is 0.318 e. The van der Waals surface area contributed by atoms with Crippen LogP contribution in [0.3, 0.4) is 0 Å². The summed E-state index contributed by atoms with van der Waals surface area (Å²) in [7, 11) is 0. The molecule has 1 heteroatoms. The Hall–Kier alpha value is -1.60. The lowest BCUT2D eigenvalue weighted by molar-refractivity contribution is 0.516. The second-order valence-electron chi connectivity index (χ2n) is 6.82. The molecule has 22 heavy (non-hydrogen) atoms. The van der Waals surface area contributed by atoms with Gasteiger partial charge < -0.3 is 5.73 Å². The third-order valence-corrected chi connectivity index (χ3v) is 4.83. The molecule has 2 aromatic carbocycles. The number of hydrogen-bond donors (Lipinski definition) is 1. The van der Waals surface area contributed by atoms with Crippen LogP contribution in [0.5, 0.6) is 0 Å². The fraction of sp³-hybridized carbons (Fsp3) is 0.429. The zero-order valence-electron chi connectivity index (χ0n) is 14.4. The first-order valence-electron chi connectivity index (χ1n) is 8.39. The fourth-order valence-electron chi connectivity index (χ4n) is 2.70. The van der Waals surface area contributed by atoms with Crippen LogP contribution in [0.25, 0.3) is 0 Å². The average molecular weight is 295 g/mol. The lowest BCUT2D eigenvalue weighted by Gasteiger charge is -2.26. The van der Waals surface area contributed by atoms with Crippen LogP contribution in [0.2, 0.25) is 0 Å². The predicted octanol–water partition coefficient (Wildman–Crippen LogP) is 5.20. The van der Waals surface area contributed by atoms with E-state index in [1.54, 1.807) is 0 Å². The monoisotopic (exact) mass is 295 g/mol. The van der Waals surface area contributed by atoms with Crippen molar-refractivity contribution in [3.8, 4) is 0 Å². The maximum Gasteiger partial charge on any atom is 0.0636 e. The van der Waals surface area contributed by atoms with Gasteiger partial charge in [0.25, 0.3) is 0 Å². The Labute approximate surface area is 135 Å². The van der Waals surface area contributed by atoms with Gasteiger partial charge in [-0.1, -0.05) is 74.4 Å². The molecule has 1 nitrogen and oxygen atoms in total. The number of hydrogen-bond acceptors (Lipinski definition) is 1. The van der Waals surface area contributed by atoms with Crippen molar-refractivity contribution >= 4 is 0 Å². The zero-order chi connectivity index (χ0) is 16.2. The first-order valence-corrected chi connectivity index (χ1v) is 8.39. The van der Waals surface area contributed by atoms with Gasteiger partial charge in [-0.2, -0.15) is 0 Å². The number of aryl methyl sites for hydroxylation is 2. The maximum absolute atomic E-state index is 6.60. The highest BCUT2D eigenvalue weighted by Gasteiger charge is 2.23. The molecule has 0 bridgehead atoms. The Morgan fingerprint density at radius 1 is 0.955 bits per heavy atom. The summed E-state index contributed by atoms with van der Waals surface area (Å²) < 4.78 is 0. The molecule has 2 atom stereocenters. The molecule has 2 unspecified atom stereocenters. The minimum Gasteiger partial charge on any atom is -0.318 e. The first-order chi connectivity index (χ1) is 10.4. The molecule has 0 fully saturated rings. The maximum atomic E-state index is 6.60. The summed E-state index contributed by atoms with van der Waals surface area (Å²) in [5.74, 6) is 0.798. The SMILES string of the molecule is CCC(C)CCc1ccc(C(C)(N)c2ccc(C)cc2)cc1. The van der Waals surface area contributed by atoms with Crippen LogP contribution in [0.15, 0.2) is 48.5 Å². The summed E-state index contributed by atoms with van der Waals surface area (Å²) >= 11 is 0. The molecule has 0 saturated carbocycles. The van der Waals surface area contributed by atoms with Gasteiger partial charge in [0.2, 0.25) is 0 Å². The van der Waals surface area contributed by atoms with Gasteiger partial charge in [0.05, 0.1) is 5.54 Å². The van der Waals surface area contributed by atoms with Crippen molar-refractivity contribution < 1.29 is 0 Å². The summed E-state index contributed by atoms with van der Waals surface area (Å²) in [6, 6.07) is 17.4. The van der Waals surface area contributed by atoms with Crippen molar-refractivity contribution in [2.45, 2.75) is 52.5 Å². The van der Waals surface area contributed by atoms with E-state index in [9.17, 15) is 0 Å². The summed E-state index contributed by atoms with van der Waals surface area (Å²) in [6.07, 6.45) is 3.67. The second-order valence-corrected chi connectivity index (χ2v) is 6.82. The Morgan fingerprint density at radius 3 is 1.95 bits per heavy atom. The molecule has 2 rings (SSSR count). The van der Waals surface area contributed by atoms with Gasteiger partial charge in [-0.25, -0.2) is 0 Å². The van der Waals surface area contributed by atoms with E-state index >= 15 is 0 Å². The van der Waals surface area contributed by atoms with E-state index in [0.29, 0.717) is 0 Å². The Bertz CT molecular complexity index is 578. The van der Waals surface area contributed by atoms with E-state index in [1.807, 2.05) is 0 Å². The lowest BCUT2D eigenvalue weighted by Crippen LogP contribution is -2.34. The van der Waals surface area contributed by atoms with Crippen molar-refractivity contribution in [2.24, 2.45) is 11.7 Å². The van der Waals surface area contributed by atoms with Crippen LogP contribution in [-0.4, -0.2) is 0 Å². The van der Waals surface area contributed by atoms with Crippen LogP contribution in [0, 0.1) is 12.8 Å². The highest BCUT2D eigenvalue weighted by atomic mass is 14.7. The van der Waals surface area contributed by atoms with Gasteiger partial charge >= 0.3 is 0 Å². The van der Waals surface area contributed by atoms with Crippen molar-refractivity contribution in [1.29, 1.82) is 0 Å². The second kappa shape index (κ2) is 7.11. The predicted molar refractivity (Wildman–Crippen MR) is 96.0 cm³/mol. The van der Waals surface area contributed by atoms with E-state index in [2.05, 4.69) is 76.2 Å². The summed E-state index contributed by atoms with van der Waals surface area (Å²) in [5, 5.41) is 0. The van der Waals surface area contributed by atoms with Gasteiger partial charge in [-0.15, -0.1) is 0 Å². The Kier molecular flexibility index (Phi) is 5.42. The molecule has 0 heterocycles. The molecule has 0 amide bonds. The molecule has 0 aliphatic carbocycles. The number of nitrogens with two attached hydrogens (primary N) is 1. The Morgan fingerprint density at radius 2 is 1.45 bits per heavy atom. The number of benzene rings is 2. The molecule has 0 saturated heterocycles. The highest BCUT2D eigenvalue weighted by Crippen LogP contribution is 2.27. The molecule has 0 aliphatic rings. The van der Waals surface area contributed by atoms with E-state index < -0.39 is 5.54 Å². The van der Waals surface area contributed by atoms with Crippen molar-refractivity contribution in [3.05, 3.63) is 70.8 Å². The van der Waals surface area contributed by atoms with Crippen molar-refractivity contribution in [3.63, 3.8) is 0 Å². The standard InChI is InChI=1S/C21H29N/c1-5-16(2)6-9-18-10-14-20(15-11-18)21(4,22)19-12-7-17(3)8-13-19/h7-8,10-16H,5-6,9,22H2,1-4H3. The van der Waals surface area contributed by atoms with E-state index in [4.69, 9.17) is 5.73 Å². The first kappa shape index (κ1) is 16.8. The van der Waals surface area contributed by atoms with Crippen LogP contribution < -0.4 is 5.73 Å². The van der Waals surface area contributed by atoms with Crippen LogP contribution >= 0.6 is 0 Å². The van der Waals surface area contributed by atoms with Gasteiger partial charge in [-0.3, -0.25) is 0 Å². The molecular formula is C21H29N. The lowest BCUT2D eigenvalue weighted by atomic mass is 9.84. The smallest absolute Gasteiger partial charge is 0.0636 e. The zero-order valence-corrected chi connectivity index (χ0v) is 14.4. The Balaban J connectivity index is 2.13. The van der Waals surface area contributed by atoms with Gasteiger partial charge in [-0.05, 0) is 49.3 Å². The van der Waals surface area contributed by atoms with Crippen LogP contribution in [-0.2, 0) is 12.0 Å². The quantitative estimate of drug-likeness (QED) is 0.779. The van der Waals surface area contributed by atoms with Crippen LogP contribution in [0.4, 0.5) is 0 Å². The summed E-state index contributed by atoms with van der Waals surface area (Å²) in [5.41, 5.74) is 11.2. The highest BCUT2D eigenvalue weighted by molar-refractivity contribution is 5.39. The van der Waals surface area contributed by atoms with Crippen LogP contribution in [0.1, 0.15) is 55.9 Å². The van der Waals surface area contributed by atoms with Gasteiger partial charge in [0.15, 0.2) is 0 Å². The minimum atomic E-state index is -0.442. The summed E-state index contributed by atoms with van der Waals surface area (Å²) in [4.78, 5) is 0. The molecule has 0 spiro atoms. The molecule has 2 N–H and O–H groups in total. The van der Waals surface area contributed by atoms with Gasteiger partial charge in [0, 0.05) is 0 Å². The molecule has 0 aliphatic heterocycles. The third-order valence-electron chi connectivity index (χ3n) is 4.83. The van der Waals surface area contributed by atoms with E-state index in [1.165, 1.54) is 29.5 Å². The molecule has 0 aromatic heterocycles. The summed E-state index contributed by atoms with van der Waals surface area (Å²) in [6.45, 7) is 8.77. The topological polar surface area (TPSA) is 26.0 Å². The van der Waals surface area contributed by atoms with Crippen molar-refractivity contribution in [1.82, 2.24) is 0 Å². The minimum absolute atomic E-state index is 0.442.